The van der Waals surface area contributed by atoms with Gasteiger partial charge in [-0.05, 0) is 68.9 Å². The second-order valence-corrected chi connectivity index (χ2v) is 11.0. The Morgan fingerprint density at radius 3 is 2.74 bits per heavy atom. The van der Waals surface area contributed by atoms with Crippen LogP contribution in [-0.4, -0.2) is 66.2 Å². The molecule has 3 aliphatic heterocycles. The number of hydrogen-bond donors (Lipinski definition) is 1. The Morgan fingerprint density at radius 1 is 1.29 bits per heavy atom. The molecule has 0 aromatic rings. The Hall–Kier alpha value is -1.54. The highest BCUT2D eigenvalue weighted by molar-refractivity contribution is 5.89. The van der Waals surface area contributed by atoms with Crippen LogP contribution in [0.1, 0.15) is 66.2 Å². The highest BCUT2D eigenvalue weighted by atomic mass is 16.6. The van der Waals surface area contributed by atoms with Gasteiger partial charge in [-0.1, -0.05) is 19.1 Å². The SMILES string of the molecule is CC(=O)O[C@@H](C)/C=C\C(=O)C[C@@H]1CC[C@H](CC2CC2(C)/C=C/[C@H]2OCC[C@@]3(CO3)[C@@H]2O)O[C@@H]1C. The minimum atomic E-state index is -0.583. The van der Waals surface area contributed by atoms with E-state index in [9.17, 15) is 14.7 Å². The molecule has 1 spiro atoms. The average molecular weight is 477 g/mol. The largest absolute Gasteiger partial charge is 0.459 e. The van der Waals surface area contributed by atoms with Gasteiger partial charge in [0.2, 0.25) is 0 Å². The molecule has 7 heteroatoms. The molecule has 0 bridgehead atoms. The van der Waals surface area contributed by atoms with Crippen LogP contribution in [-0.2, 0) is 28.5 Å². The number of aliphatic hydroxyl groups is 1. The van der Waals surface area contributed by atoms with E-state index in [2.05, 4.69) is 19.9 Å². The van der Waals surface area contributed by atoms with Crippen LogP contribution in [0, 0.1) is 17.3 Å². The van der Waals surface area contributed by atoms with Crippen LogP contribution in [0.4, 0.5) is 0 Å². The minimum Gasteiger partial charge on any atom is -0.459 e. The summed E-state index contributed by atoms with van der Waals surface area (Å²) in [4.78, 5) is 23.3. The predicted octanol–water partition coefficient (Wildman–Crippen LogP) is 3.53. The lowest BCUT2D eigenvalue weighted by molar-refractivity contribution is -0.143. The molecule has 3 heterocycles. The van der Waals surface area contributed by atoms with Gasteiger partial charge in [0, 0.05) is 19.8 Å². The smallest absolute Gasteiger partial charge is 0.303 e. The van der Waals surface area contributed by atoms with Crippen LogP contribution in [0.5, 0.6) is 0 Å². The summed E-state index contributed by atoms with van der Waals surface area (Å²) in [7, 11) is 0. The Bertz CT molecular complexity index is 816. The molecular weight excluding hydrogens is 436 g/mol. The molecule has 0 aromatic carbocycles. The van der Waals surface area contributed by atoms with Gasteiger partial charge < -0.3 is 24.1 Å². The first-order chi connectivity index (χ1) is 16.1. The lowest BCUT2D eigenvalue weighted by atomic mass is 9.86. The summed E-state index contributed by atoms with van der Waals surface area (Å²) in [5.41, 5.74) is -0.238. The minimum absolute atomic E-state index is 0.0445. The predicted molar refractivity (Wildman–Crippen MR) is 126 cm³/mol. The van der Waals surface area contributed by atoms with Crippen LogP contribution in [0.25, 0.3) is 0 Å². The monoisotopic (exact) mass is 476 g/mol. The van der Waals surface area contributed by atoms with E-state index in [0.29, 0.717) is 25.6 Å². The normalized spacial score (nSPS) is 42.7. The van der Waals surface area contributed by atoms with Gasteiger partial charge in [-0.3, -0.25) is 9.59 Å². The van der Waals surface area contributed by atoms with E-state index in [1.54, 1.807) is 13.0 Å². The van der Waals surface area contributed by atoms with Crippen molar-refractivity contribution in [3.8, 4) is 0 Å². The number of ketones is 1. The van der Waals surface area contributed by atoms with E-state index in [1.807, 2.05) is 6.08 Å². The van der Waals surface area contributed by atoms with Crippen molar-refractivity contribution < 1.29 is 33.6 Å². The topological polar surface area (TPSA) is 94.6 Å². The van der Waals surface area contributed by atoms with Crippen molar-refractivity contribution in [2.24, 2.45) is 17.3 Å². The van der Waals surface area contributed by atoms with Gasteiger partial charge in [-0.2, -0.15) is 0 Å². The number of allylic oxidation sites excluding steroid dienone is 2. The standard InChI is InChI=1S/C27H40O7/c1-17(33-19(3)28)5-7-22(29)13-20-6-8-23(34-18(20)2)14-21-15-26(21,4)10-9-24-25(30)27(16-32-27)11-12-31-24/h5,7,9-10,17-18,20-21,23-25,30H,6,8,11-16H2,1-4H3/b7-5-,10-9+/t17-,18+,20-,21?,23+,24+,25+,26?,27+/m0/s1. The van der Waals surface area contributed by atoms with E-state index in [-0.39, 0.29) is 47.0 Å². The lowest BCUT2D eigenvalue weighted by Gasteiger charge is -2.35. The number of aliphatic hydroxyl groups excluding tert-OH is 1. The molecule has 1 aliphatic carbocycles. The molecule has 4 aliphatic rings. The summed E-state index contributed by atoms with van der Waals surface area (Å²) in [6.07, 6.45) is 11.7. The molecule has 0 radical (unpaired) electrons. The maximum Gasteiger partial charge on any atom is 0.303 e. The van der Waals surface area contributed by atoms with E-state index in [4.69, 9.17) is 18.9 Å². The van der Waals surface area contributed by atoms with Crippen molar-refractivity contribution in [3.05, 3.63) is 24.3 Å². The molecule has 4 rings (SSSR count). The summed E-state index contributed by atoms with van der Waals surface area (Å²) in [5.74, 6) is 0.471. The molecule has 190 valence electrons. The Labute approximate surface area is 202 Å². The first-order valence-electron chi connectivity index (χ1n) is 12.8. The summed E-state index contributed by atoms with van der Waals surface area (Å²) in [5, 5.41) is 10.5. The van der Waals surface area contributed by atoms with Crippen molar-refractivity contribution in [1.29, 1.82) is 0 Å². The summed E-state index contributed by atoms with van der Waals surface area (Å²) < 4.78 is 22.6. The average Bonchev–Trinajstić information content (AvgIpc) is 3.67. The van der Waals surface area contributed by atoms with Gasteiger partial charge in [0.25, 0.3) is 0 Å². The van der Waals surface area contributed by atoms with Crippen molar-refractivity contribution in [1.82, 2.24) is 0 Å². The third kappa shape index (κ3) is 6.17. The van der Waals surface area contributed by atoms with Gasteiger partial charge >= 0.3 is 5.97 Å². The Kier molecular flexibility index (Phi) is 7.67. The number of carbonyl (C=O) groups excluding carboxylic acids is 2. The summed E-state index contributed by atoms with van der Waals surface area (Å²) in [6.45, 7) is 8.70. The first kappa shape index (κ1) is 25.5. The maximum absolute atomic E-state index is 12.3. The molecule has 0 amide bonds. The second-order valence-electron chi connectivity index (χ2n) is 11.0. The van der Waals surface area contributed by atoms with Crippen molar-refractivity contribution in [2.45, 2.75) is 102 Å². The number of rotatable bonds is 9. The molecular formula is C27H40O7. The third-order valence-electron chi connectivity index (χ3n) is 8.17. The van der Waals surface area contributed by atoms with Gasteiger partial charge in [-0.15, -0.1) is 0 Å². The molecule has 1 saturated carbocycles. The first-order valence-corrected chi connectivity index (χ1v) is 12.8. The van der Waals surface area contributed by atoms with E-state index in [0.717, 1.165) is 32.1 Å². The quantitative estimate of drug-likeness (QED) is 0.235. The second kappa shape index (κ2) is 10.2. The molecule has 3 saturated heterocycles. The van der Waals surface area contributed by atoms with E-state index in [1.165, 1.54) is 13.0 Å². The van der Waals surface area contributed by atoms with Crippen LogP contribution in [0.3, 0.4) is 0 Å². The van der Waals surface area contributed by atoms with Gasteiger partial charge in [0.1, 0.15) is 23.9 Å². The fourth-order valence-electron chi connectivity index (χ4n) is 5.56. The fraction of sp³-hybridized carbons (Fsp3) is 0.778. The number of ether oxygens (including phenoxy) is 4. The highest BCUT2D eigenvalue weighted by Gasteiger charge is 2.56. The number of hydrogen-bond acceptors (Lipinski definition) is 7. The molecule has 2 unspecified atom stereocenters. The summed E-state index contributed by atoms with van der Waals surface area (Å²) in [6, 6.07) is 0. The Balaban J connectivity index is 1.19. The molecule has 4 fully saturated rings. The molecule has 9 atom stereocenters. The Morgan fingerprint density at radius 2 is 2.06 bits per heavy atom. The zero-order chi connectivity index (χ0) is 24.5. The third-order valence-corrected chi connectivity index (χ3v) is 8.17. The van der Waals surface area contributed by atoms with Crippen LogP contribution in [0.15, 0.2) is 24.3 Å². The van der Waals surface area contributed by atoms with Gasteiger partial charge in [0.15, 0.2) is 5.78 Å². The number of epoxide rings is 1. The molecule has 1 N–H and O–H groups in total. The summed E-state index contributed by atoms with van der Waals surface area (Å²) >= 11 is 0. The van der Waals surface area contributed by atoms with Crippen LogP contribution >= 0.6 is 0 Å². The molecule has 34 heavy (non-hydrogen) atoms. The molecule has 7 nitrogen and oxygen atoms in total. The van der Waals surface area contributed by atoms with Crippen molar-refractivity contribution in [3.63, 3.8) is 0 Å². The maximum atomic E-state index is 12.3. The zero-order valence-electron chi connectivity index (χ0n) is 20.9. The van der Waals surface area contributed by atoms with Gasteiger partial charge in [0.05, 0.1) is 25.4 Å². The van der Waals surface area contributed by atoms with Gasteiger partial charge in [-0.25, -0.2) is 0 Å². The van der Waals surface area contributed by atoms with Crippen molar-refractivity contribution >= 4 is 11.8 Å². The lowest BCUT2D eigenvalue weighted by Crippen LogP contribution is -2.46. The number of carbonyl (C=O) groups is 2. The van der Waals surface area contributed by atoms with E-state index < -0.39 is 12.2 Å². The van der Waals surface area contributed by atoms with Crippen LogP contribution in [0.2, 0.25) is 0 Å². The fourth-order valence-corrected chi connectivity index (χ4v) is 5.56. The van der Waals surface area contributed by atoms with Crippen molar-refractivity contribution in [2.75, 3.05) is 13.2 Å². The van der Waals surface area contributed by atoms with E-state index >= 15 is 0 Å². The highest BCUT2D eigenvalue weighted by Crippen LogP contribution is 2.57. The van der Waals surface area contributed by atoms with Crippen LogP contribution < -0.4 is 0 Å². The number of esters is 1. The molecule has 0 aromatic heterocycles. The zero-order valence-corrected chi connectivity index (χ0v) is 20.9.